The van der Waals surface area contributed by atoms with Gasteiger partial charge in [0.05, 0.1) is 23.6 Å². The average Bonchev–Trinajstić information content (AvgIpc) is 3.20. The Kier molecular flexibility index (Phi) is 6.99. The standard InChI is InChI=1S/C24H29N3O5S/c1-32-22-11-10-20(33(30,31)27-12-6-3-7-13-27)15-21(22)25-24(29)19-14-23(28)26(17-19)16-18-8-4-2-5-9-18/h2,4-5,8-11,15,19H,3,6-7,12-14,16-17H2,1H3,(H,25,29). The lowest BCUT2D eigenvalue weighted by Crippen LogP contribution is -2.35. The summed E-state index contributed by atoms with van der Waals surface area (Å²) in [5.74, 6) is -0.559. The highest BCUT2D eigenvalue weighted by molar-refractivity contribution is 7.89. The second kappa shape index (κ2) is 9.93. The molecule has 0 aromatic heterocycles. The number of anilines is 1. The van der Waals surface area contributed by atoms with E-state index in [1.54, 1.807) is 11.0 Å². The molecule has 1 atom stereocenters. The number of rotatable bonds is 7. The molecular weight excluding hydrogens is 442 g/mol. The topological polar surface area (TPSA) is 96.0 Å². The predicted molar refractivity (Wildman–Crippen MR) is 124 cm³/mol. The molecule has 33 heavy (non-hydrogen) atoms. The van der Waals surface area contributed by atoms with Crippen molar-refractivity contribution in [3.63, 3.8) is 0 Å². The van der Waals surface area contributed by atoms with E-state index in [1.165, 1.54) is 23.5 Å². The fraction of sp³-hybridized carbons (Fsp3) is 0.417. The lowest BCUT2D eigenvalue weighted by molar-refractivity contribution is -0.128. The molecule has 1 unspecified atom stereocenters. The second-order valence-electron chi connectivity index (χ2n) is 8.48. The smallest absolute Gasteiger partial charge is 0.243 e. The summed E-state index contributed by atoms with van der Waals surface area (Å²) >= 11 is 0. The van der Waals surface area contributed by atoms with Gasteiger partial charge in [0.2, 0.25) is 21.8 Å². The minimum Gasteiger partial charge on any atom is -0.495 e. The fourth-order valence-corrected chi connectivity index (χ4v) is 5.88. The van der Waals surface area contributed by atoms with Crippen LogP contribution in [0, 0.1) is 5.92 Å². The molecule has 0 aliphatic carbocycles. The summed E-state index contributed by atoms with van der Waals surface area (Å²) in [4.78, 5) is 27.2. The third kappa shape index (κ3) is 5.20. The molecule has 0 radical (unpaired) electrons. The monoisotopic (exact) mass is 471 g/mol. The number of ether oxygens (including phenoxy) is 1. The van der Waals surface area contributed by atoms with Crippen LogP contribution < -0.4 is 10.1 Å². The maximum atomic E-state index is 13.1. The van der Waals surface area contributed by atoms with Crippen LogP contribution in [-0.2, 0) is 26.2 Å². The van der Waals surface area contributed by atoms with Gasteiger partial charge in [-0.05, 0) is 36.6 Å². The van der Waals surface area contributed by atoms with Crippen molar-refractivity contribution in [3.05, 3.63) is 54.1 Å². The molecule has 2 fully saturated rings. The van der Waals surface area contributed by atoms with Crippen LogP contribution in [0.1, 0.15) is 31.2 Å². The number of hydrogen-bond acceptors (Lipinski definition) is 5. The number of carbonyl (C=O) groups excluding carboxylic acids is 2. The summed E-state index contributed by atoms with van der Waals surface area (Å²) in [6, 6.07) is 14.1. The highest BCUT2D eigenvalue weighted by Gasteiger charge is 2.35. The first kappa shape index (κ1) is 23.3. The molecule has 0 bridgehead atoms. The van der Waals surface area contributed by atoms with Crippen LogP contribution in [-0.4, -0.2) is 56.2 Å². The molecule has 2 heterocycles. The summed E-state index contributed by atoms with van der Waals surface area (Å²) in [5, 5.41) is 2.80. The van der Waals surface area contributed by atoms with Gasteiger partial charge in [-0.15, -0.1) is 0 Å². The SMILES string of the molecule is COc1ccc(S(=O)(=O)N2CCCCC2)cc1NC(=O)C1CC(=O)N(Cc2ccccc2)C1. The molecule has 0 spiro atoms. The van der Waals surface area contributed by atoms with E-state index in [4.69, 9.17) is 4.74 Å². The number of nitrogens with one attached hydrogen (secondary N) is 1. The Balaban J connectivity index is 1.48. The molecule has 4 rings (SSSR count). The van der Waals surface area contributed by atoms with Crippen LogP contribution in [0.3, 0.4) is 0 Å². The lowest BCUT2D eigenvalue weighted by Gasteiger charge is -2.26. The fourth-order valence-electron chi connectivity index (χ4n) is 4.34. The molecule has 9 heteroatoms. The van der Waals surface area contributed by atoms with Gasteiger partial charge in [-0.2, -0.15) is 4.31 Å². The number of nitrogens with zero attached hydrogens (tertiary/aromatic N) is 2. The van der Waals surface area contributed by atoms with Gasteiger partial charge < -0.3 is 15.0 Å². The van der Waals surface area contributed by atoms with Crippen LogP contribution in [0.4, 0.5) is 5.69 Å². The molecule has 0 saturated carbocycles. The minimum atomic E-state index is -3.65. The number of piperidine rings is 1. The highest BCUT2D eigenvalue weighted by atomic mass is 32.2. The van der Waals surface area contributed by atoms with Gasteiger partial charge in [-0.25, -0.2) is 8.42 Å². The number of sulfonamides is 1. The number of likely N-dealkylation sites (tertiary alicyclic amines) is 1. The summed E-state index contributed by atoms with van der Waals surface area (Å²) in [5.41, 5.74) is 1.29. The van der Waals surface area contributed by atoms with E-state index >= 15 is 0 Å². The molecule has 2 aromatic carbocycles. The molecule has 2 aromatic rings. The van der Waals surface area contributed by atoms with E-state index in [0.29, 0.717) is 31.9 Å². The van der Waals surface area contributed by atoms with Gasteiger partial charge in [-0.3, -0.25) is 9.59 Å². The zero-order valence-electron chi connectivity index (χ0n) is 18.7. The van der Waals surface area contributed by atoms with Crippen molar-refractivity contribution in [1.82, 2.24) is 9.21 Å². The Hall–Kier alpha value is -2.91. The molecule has 2 saturated heterocycles. The predicted octanol–water partition coefficient (Wildman–Crippen LogP) is 2.86. The van der Waals surface area contributed by atoms with E-state index in [9.17, 15) is 18.0 Å². The number of amides is 2. The van der Waals surface area contributed by atoms with Crippen LogP contribution in [0.5, 0.6) is 5.75 Å². The van der Waals surface area contributed by atoms with Crippen LogP contribution in [0.25, 0.3) is 0 Å². The van der Waals surface area contributed by atoms with Crippen molar-refractivity contribution in [3.8, 4) is 5.75 Å². The molecule has 1 N–H and O–H groups in total. The van der Waals surface area contributed by atoms with Gasteiger partial charge in [0.25, 0.3) is 0 Å². The Bertz CT molecular complexity index is 1110. The molecular formula is C24H29N3O5S. The van der Waals surface area contributed by atoms with Crippen molar-refractivity contribution in [2.75, 3.05) is 32.1 Å². The zero-order chi connectivity index (χ0) is 23.4. The maximum Gasteiger partial charge on any atom is 0.243 e. The minimum absolute atomic E-state index is 0.0765. The summed E-state index contributed by atoms with van der Waals surface area (Å²) in [6.07, 6.45) is 2.83. The first-order valence-electron chi connectivity index (χ1n) is 11.2. The first-order valence-corrected chi connectivity index (χ1v) is 12.6. The normalized spacial score (nSPS) is 19.5. The highest BCUT2D eigenvalue weighted by Crippen LogP contribution is 2.31. The van der Waals surface area contributed by atoms with Gasteiger partial charge in [-0.1, -0.05) is 36.8 Å². The third-order valence-electron chi connectivity index (χ3n) is 6.18. The molecule has 176 valence electrons. The van der Waals surface area contributed by atoms with Crippen LogP contribution >= 0.6 is 0 Å². The maximum absolute atomic E-state index is 13.1. The van der Waals surface area contributed by atoms with Crippen molar-refractivity contribution < 1.29 is 22.7 Å². The Morgan fingerprint density at radius 3 is 2.52 bits per heavy atom. The van der Waals surface area contributed by atoms with Gasteiger partial charge in [0.15, 0.2) is 0 Å². The quantitative estimate of drug-likeness (QED) is 0.670. The van der Waals surface area contributed by atoms with Crippen LogP contribution in [0.2, 0.25) is 0 Å². The Morgan fingerprint density at radius 2 is 1.82 bits per heavy atom. The number of methoxy groups -OCH3 is 1. The van der Waals surface area contributed by atoms with Gasteiger partial charge >= 0.3 is 0 Å². The lowest BCUT2D eigenvalue weighted by atomic mass is 10.1. The first-order chi connectivity index (χ1) is 15.9. The third-order valence-corrected chi connectivity index (χ3v) is 8.08. The number of carbonyl (C=O) groups is 2. The van der Waals surface area contributed by atoms with Crippen molar-refractivity contribution >= 4 is 27.5 Å². The van der Waals surface area contributed by atoms with E-state index in [-0.39, 0.29) is 28.8 Å². The molecule has 8 nitrogen and oxygen atoms in total. The van der Waals surface area contributed by atoms with Crippen molar-refractivity contribution in [2.24, 2.45) is 5.92 Å². The van der Waals surface area contributed by atoms with E-state index in [1.807, 2.05) is 30.3 Å². The van der Waals surface area contributed by atoms with Crippen molar-refractivity contribution in [2.45, 2.75) is 37.1 Å². The zero-order valence-corrected chi connectivity index (χ0v) is 19.5. The van der Waals surface area contributed by atoms with E-state index in [2.05, 4.69) is 5.32 Å². The summed E-state index contributed by atoms with van der Waals surface area (Å²) in [7, 11) is -2.19. The summed E-state index contributed by atoms with van der Waals surface area (Å²) < 4.78 is 33.0. The molecule has 2 aliphatic heterocycles. The summed E-state index contributed by atoms with van der Waals surface area (Å²) in [6.45, 7) is 1.76. The van der Waals surface area contributed by atoms with Gasteiger partial charge in [0, 0.05) is 32.6 Å². The molecule has 2 aliphatic rings. The van der Waals surface area contributed by atoms with E-state index < -0.39 is 15.9 Å². The second-order valence-corrected chi connectivity index (χ2v) is 10.4. The average molecular weight is 472 g/mol. The van der Waals surface area contributed by atoms with Crippen molar-refractivity contribution in [1.29, 1.82) is 0 Å². The van der Waals surface area contributed by atoms with Crippen LogP contribution in [0.15, 0.2) is 53.4 Å². The Morgan fingerprint density at radius 1 is 1.09 bits per heavy atom. The number of hydrogen-bond donors (Lipinski definition) is 1. The number of benzene rings is 2. The Labute approximate surface area is 194 Å². The largest absolute Gasteiger partial charge is 0.495 e. The molecule has 2 amide bonds. The van der Waals surface area contributed by atoms with Gasteiger partial charge in [0.1, 0.15) is 5.75 Å². The van der Waals surface area contributed by atoms with E-state index in [0.717, 1.165) is 24.8 Å².